The summed E-state index contributed by atoms with van der Waals surface area (Å²) >= 11 is 0. The van der Waals surface area contributed by atoms with Crippen molar-refractivity contribution in [2.75, 3.05) is 59.0 Å². The molecule has 2 aliphatic heterocycles. The molecule has 2 fully saturated rings. The Morgan fingerprint density at radius 2 is 2.11 bits per heavy atom. The summed E-state index contributed by atoms with van der Waals surface area (Å²) in [7, 11) is 0. The lowest BCUT2D eigenvalue weighted by molar-refractivity contribution is -0.143. The zero-order valence-electron chi connectivity index (χ0n) is 17.0. The molecule has 0 saturated carbocycles. The fourth-order valence-corrected chi connectivity index (χ4v) is 3.98. The maximum atomic E-state index is 13.0. The van der Waals surface area contributed by atoms with Gasteiger partial charge in [0.15, 0.2) is 0 Å². The molecule has 2 saturated heterocycles. The lowest BCUT2D eigenvalue weighted by Crippen LogP contribution is -2.48. The molecule has 0 radical (unpaired) electrons. The summed E-state index contributed by atoms with van der Waals surface area (Å²) in [5.41, 5.74) is 0. The maximum absolute atomic E-state index is 13.0. The Bertz CT molecular complexity index is 615. The minimum Gasteiger partial charge on any atom is -0.379 e. The van der Waals surface area contributed by atoms with Gasteiger partial charge in [0.25, 0.3) is 0 Å². The predicted octanol–water partition coefficient (Wildman–Crippen LogP) is 0.693. The van der Waals surface area contributed by atoms with Crippen molar-refractivity contribution < 1.29 is 14.3 Å². The summed E-state index contributed by atoms with van der Waals surface area (Å²) < 4.78 is 7.22. The molecule has 1 atom stereocenters. The molecule has 0 bridgehead atoms. The summed E-state index contributed by atoms with van der Waals surface area (Å²) in [6, 6.07) is 1.89. The van der Waals surface area contributed by atoms with Gasteiger partial charge in [-0.2, -0.15) is 5.10 Å². The van der Waals surface area contributed by atoms with E-state index in [2.05, 4.69) is 10.00 Å². The average Bonchev–Trinajstić information content (AvgIpc) is 3.24. The minimum absolute atomic E-state index is 0.0846. The minimum atomic E-state index is -0.0846. The van der Waals surface area contributed by atoms with E-state index in [-0.39, 0.29) is 17.7 Å². The van der Waals surface area contributed by atoms with Crippen LogP contribution >= 0.6 is 0 Å². The van der Waals surface area contributed by atoms with Gasteiger partial charge >= 0.3 is 0 Å². The number of piperidine rings is 1. The molecule has 1 aromatic heterocycles. The molecule has 28 heavy (non-hydrogen) atoms. The highest BCUT2D eigenvalue weighted by molar-refractivity contribution is 5.83. The average molecular weight is 392 g/mol. The van der Waals surface area contributed by atoms with Crippen molar-refractivity contribution in [1.29, 1.82) is 0 Å². The summed E-state index contributed by atoms with van der Waals surface area (Å²) in [5.74, 6) is 0.268. The number of ether oxygens (including phenoxy) is 1. The number of hydrogen-bond acceptors (Lipinski definition) is 5. The van der Waals surface area contributed by atoms with Crippen molar-refractivity contribution in [3.8, 4) is 0 Å². The molecule has 3 heterocycles. The topological polar surface area (TPSA) is 70.9 Å². The van der Waals surface area contributed by atoms with Crippen molar-refractivity contribution in [3.05, 3.63) is 18.5 Å². The largest absolute Gasteiger partial charge is 0.379 e. The van der Waals surface area contributed by atoms with E-state index >= 15 is 0 Å². The first-order valence-corrected chi connectivity index (χ1v) is 10.5. The van der Waals surface area contributed by atoms with Crippen molar-refractivity contribution in [2.45, 2.75) is 32.7 Å². The lowest BCUT2D eigenvalue weighted by atomic mass is 9.95. The third-order valence-corrected chi connectivity index (χ3v) is 5.71. The number of amides is 2. The van der Waals surface area contributed by atoms with Crippen LogP contribution in [0.1, 0.15) is 26.2 Å². The zero-order chi connectivity index (χ0) is 19.8. The van der Waals surface area contributed by atoms with Gasteiger partial charge in [-0.25, -0.2) is 0 Å². The predicted molar refractivity (Wildman–Crippen MR) is 106 cm³/mol. The van der Waals surface area contributed by atoms with Gasteiger partial charge in [-0.1, -0.05) is 0 Å². The highest BCUT2D eigenvalue weighted by Crippen LogP contribution is 2.20. The Balaban J connectivity index is 1.45. The van der Waals surface area contributed by atoms with Gasteiger partial charge in [0.1, 0.15) is 0 Å². The van der Waals surface area contributed by atoms with Gasteiger partial charge < -0.3 is 14.5 Å². The quantitative estimate of drug-likeness (QED) is 0.620. The zero-order valence-corrected chi connectivity index (χ0v) is 17.0. The second-order valence-electron chi connectivity index (χ2n) is 7.57. The number of rotatable bonds is 9. The number of morpholine rings is 1. The summed E-state index contributed by atoms with van der Waals surface area (Å²) in [4.78, 5) is 31.5. The smallest absolute Gasteiger partial charge is 0.227 e. The molecule has 8 heteroatoms. The number of likely N-dealkylation sites (N-methyl/N-ethyl adjacent to an activating group) is 1. The van der Waals surface area contributed by atoms with E-state index in [1.165, 1.54) is 0 Å². The first-order valence-electron chi connectivity index (χ1n) is 10.5. The highest BCUT2D eigenvalue weighted by atomic mass is 16.5. The molecule has 0 aliphatic carbocycles. The number of aromatic nitrogens is 2. The second-order valence-corrected chi connectivity index (χ2v) is 7.57. The van der Waals surface area contributed by atoms with Crippen LogP contribution in [0, 0.1) is 5.92 Å². The van der Waals surface area contributed by atoms with Crippen LogP contribution in [0.15, 0.2) is 18.5 Å². The first-order chi connectivity index (χ1) is 13.7. The normalized spacial score (nSPS) is 21.1. The van der Waals surface area contributed by atoms with E-state index in [0.29, 0.717) is 39.0 Å². The fraction of sp³-hybridized carbons (Fsp3) is 0.750. The molecule has 0 aromatic carbocycles. The Morgan fingerprint density at radius 1 is 1.29 bits per heavy atom. The van der Waals surface area contributed by atoms with Gasteiger partial charge in [0, 0.05) is 64.6 Å². The highest BCUT2D eigenvalue weighted by Gasteiger charge is 2.32. The molecule has 8 nitrogen and oxygen atoms in total. The Labute approximate surface area is 167 Å². The van der Waals surface area contributed by atoms with Crippen molar-refractivity contribution in [3.63, 3.8) is 0 Å². The maximum Gasteiger partial charge on any atom is 0.227 e. The van der Waals surface area contributed by atoms with Crippen LogP contribution in [0.25, 0.3) is 0 Å². The van der Waals surface area contributed by atoms with Crippen LogP contribution in [0.5, 0.6) is 0 Å². The summed E-state index contributed by atoms with van der Waals surface area (Å²) in [6.07, 6.45) is 5.75. The molecular formula is C20H33N5O3. The molecule has 2 aliphatic rings. The van der Waals surface area contributed by atoms with Crippen LogP contribution in [0.4, 0.5) is 0 Å². The van der Waals surface area contributed by atoms with Crippen LogP contribution in [0.2, 0.25) is 0 Å². The number of hydrogen-bond donors (Lipinski definition) is 0. The number of likely N-dealkylation sites (tertiary alicyclic amines) is 1. The van der Waals surface area contributed by atoms with E-state index < -0.39 is 0 Å². The molecule has 1 unspecified atom stereocenters. The SMILES string of the molecule is CCN(CCn1cccn1)C(=O)C1CCC(=O)N(CCCN2CCOCC2)C1. The van der Waals surface area contributed by atoms with E-state index in [4.69, 9.17) is 4.74 Å². The summed E-state index contributed by atoms with van der Waals surface area (Å²) in [6.45, 7) is 9.84. The molecule has 1 aromatic rings. The van der Waals surface area contributed by atoms with E-state index in [1.807, 2.05) is 33.7 Å². The van der Waals surface area contributed by atoms with Crippen molar-refractivity contribution >= 4 is 11.8 Å². The molecule has 3 rings (SSSR count). The van der Waals surface area contributed by atoms with Gasteiger partial charge in [0.05, 0.1) is 25.7 Å². The molecule has 156 valence electrons. The molecule has 0 N–H and O–H groups in total. The third-order valence-electron chi connectivity index (χ3n) is 5.71. The first kappa shape index (κ1) is 20.8. The number of carbonyl (C=O) groups is 2. The Hall–Kier alpha value is -1.93. The lowest BCUT2D eigenvalue weighted by Gasteiger charge is -2.35. The van der Waals surface area contributed by atoms with E-state index in [9.17, 15) is 9.59 Å². The Morgan fingerprint density at radius 3 is 2.82 bits per heavy atom. The van der Waals surface area contributed by atoms with Crippen LogP contribution < -0.4 is 0 Å². The summed E-state index contributed by atoms with van der Waals surface area (Å²) in [5, 5.41) is 4.20. The monoisotopic (exact) mass is 391 g/mol. The molecular weight excluding hydrogens is 358 g/mol. The van der Waals surface area contributed by atoms with Crippen molar-refractivity contribution in [2.24, 2.45) is 5.92 Å². The van der Waals surface area contributed by atoms with E-state index in [1.54, 1.807) is 6.20 Å². The molecule has 0 spiro atoms. The van der Waals surface area contributed by atoms with Gasteiger partial charge in [-0.3, -0.25) is 19.2 Å². The second kappa shape index (κ2) is 10.6. The van der Waals surface area contributed by atoms with Gasteiger partial charge in [0.2, 0.25) is 11.8 Å². The number of carbonyl (C=O) groups excluding carboxylic acids is 2. The van der Waals surface area contributed by atoms with Crippen LogP contribution in [0.3, 0.4) is 0 Å². The number of nitrogens with zero attached hydrogens (tertiary/aromatic N) is 5. The Kier molecular flexibility index (Phi) is 7.85. The fourth-order valence-electron chi connectivity index (χ4n) is 3.98. The van der Waals surface area contributed by atoms with Crippen LogP contribution in [-0.2, 0) is 20.9 Å². The van der Waals surface area contributed by atoms with E-state index in [0.717, 1.165) is 45.8 Å². The van der Waals surface area contributed by atoms with Gasteiger partial charge in [-0.05, 0) is 25.8 Å². The van der Waals surface area contributed by atoms with Crippen LogP contribution in [-0.4, -0.2) is 95.3 Å². The van der Waals surface area contributed by atoms with Gasteiger partial charge in [-0.15, -0.1) is 0 Å². The molecule has 2 amide bonds. The standard InChI is InChI=1S/C20H33N5O3/c1-2-23(11-12-25-10-3-7-21-25)20(27)18-5-6-19(26)24(17-18)9-4-8-22-13-15-28-16-14-22/h3,7,10,18H,2,4-6,8-9,11-17H2,1H3. The van der Waals surface area contributed by atoms with Crippen molar-refractivity contribution in [1.82, 2.24) is 24.5 Å². The third kappa shape index (κ3) is 5.78.